The van der Waals surface area contributed by atoms with E-state index in [1.807, 2.05) is 25.7 Å². The smallest absolute Gasteiger partial charge is 0.258 e. The first-order valence-corrected chi connectivity index (χ1v) is 6.98. The summed E-state index contributed by atoms with van der Waals surface area (Å²) >= 11 is 0. The molecule has 1 aliphatic rings. The zero-order valence-electron chi connectivity index (χ0n) is 12.3. The lowest BCUT2D eigenvalue weighted by Crippen LogP contribution is -2.50. The minimum atomic E-state index is -0.0524. The van der Waals surface area contributed by atoms with Crippen molar-refractivity contribution in [2.24, 2.45) is 0 Å². The Morgan fingerprint density at radius 1 is 1.50 bits per heavy atom. The van der Waals surface area contributed by atoms with Crippen LogP contribution >= 0.6 is 0 Å². The molecule has 0 spiro atoms. The van der Waals surface area contributed by atoms with Gasteiger partial charge in [-0.1, -0.05) is 6.07 Å². The molecule has 110 valence electrons. The number of carbonyl (C=O) groups is 1. The van der Waals surface area contributed by atoms with Crippen LogP contribution < -0.4 is 10.5 Å². The number of benzene rings is 1. The van der Waals surface area contributed by atoms with Crippen LogP contribution in [0.25, 0.3) is 0 Å². The lowest BCUT2D eigenvalue weighted by atomic mass is 10.1. The third-order valence-electron chi connectivity index (χ3n) is 3.43. The molecule has 1 aliphatic heterocycles. The van der Waals surface area contributed by atoms with Crippen LogP contribution in [0.4, 0.5) is 5.69 Å². The summed E-state index contributed by atoms with van der Waals surface area (Å²) < 4.78 is 11.1. The van der Waals surface area contributed by atoms with Crippen molar-refractivity contribution < 1.29 is 14.3 Å². The van der Waals surface area contributed by atoms with E-state index >= 15 is 0 Å². The van der Waals surface area contributed by atoms with Crippen LogP contribution in [0.1, 0.15) is 31.1 Å². The Morgan fingerprint density at radius 2 is 2.25 bits per heavy atom. The van der Waals surface area contributed by atoms with E-state index in [9.17, 15) is 4.79 Å². The highest BCUT2D eigenvalue weighted by atomic mass is 16.5. The molecular formula is C15H22N2O3. The van der Waals surface area contributed by atoms with Gasteiger partial charge < -0.3 is 20.1 Å². The van der Waals surface area contributed by atoms with Gasteiger partial charge in [-0.05, 0) is 32.9 Å². The van der Waals surface area contributed by atoms with Crippen LogP contribution in [0, 0.1) is 0 Å². The number of ether oxygens (including phenoxy) is 2. The summed E-state index contributed by atoms with van der Waals surface area (Å²) in [4.78, 5) is 14.6. The first-order valence-electron chi connectivity index (χ1n) is 6.98. The molecule has 0 aliphatic carbocycles. The fraction of sp³-hybridized carbons (Fsp3) is 0.533. The largest absolute Gasteiger partial charge is 0.491 e. The van der Waals surface area contributed by atoms with Crippen LogP contribution in [0.15, 0.2) is 18.2 Å². The quantitative estimate of drug-likeness (QED) is 0.858. The summed E-state index contributed by atoms with van der Waals surface area (Å²) in [5.74, 6) is 0.426. The first-order chi connectivity index (χ1) is 9.54. The summed E-state index contributed by atoms with van der Waals surface area (Å²) in [6.07, 6.45) is 0.0479. The van der Waals surface area contributed by atoms with Crippen LogP contribution in [-0.2, 0) is 4.74 Å². The number of hydrogen-bond acceptors (Lipinski definition) is 4. The van der Waals surface area contributed by atoms with Crippen molar-refractivity contribution in [1.82, 2.24) is 4.90 Å². The Bertz CT molecular complexity index is 490. The number of morpholine rings is 1. The Kier molecular flexibility index (Phi) is 4.49. The minimum absolute atomic E-state index is 0.0479. The number of nitrogens with two attached hydrogens (primary N) is 1. The third-order valence-corrected chi connectivity index (χ3v) is 3.43. The number of hydrogen-bond donors (Lipinski definition) is 1. The fourth-order valence-electron chi connectivity index (χ4n) is 2.37. The van der Waals surface area contributed by atoms with Gasteiger partial charge in [-0.2, -0.15) is 0 Å². The van der Waals surface area contributed by atoms with Gasteiger partial charge in [0, 0.05) is 6.54 Å². The zero-order chi connectivity index (χ0) is 14.7. The van der Waals surface area contributed by atoms with Crippen molar-refractivity contribution in [2.75, 3.05) is 25.5 Å². The van der Waals surface area contributed by atoms with Crippen molar-refractivity contribution in [1.29, 1.82) is 0 Å². The number of rotatable bonds is 3. The molecule has 20 heavy (non-hydrogen) atoms. The summed E-state index contributed by atoms with van der Waals surface area (Å²) in [7, 11) is 0. The van der Waals surface area contributed by atoms with Crippen LogP contribution in [0.3, 0.4) is 0 Å². The lowest BCUT2D eigenvalue weighted by molar-refractivity contribution is -0.0388. The van der Waals surface area contributed by atoms with Gasteiger partial charge in [0.1, 0.15) is 0 Å². The highest BCUT2D eigenvalue weighted by Gasteiger charge is 2.30. The predicted octanol–water partition coefficient (Wildman–Crippen LogP) is 1.92. The summed E-state index contributed by atoms with van der Waals surface area (Å²) in [5, 5.41) is 0. The van der Waals surface area contributed by atoms with Gasteiger partial charge in [0.2, 0.25) is 0 Å². The number of nitrogen functional groups attached to an aromatic ring is 1. The molecule has 0 bridgehead atoms. The standard InChI is InChI=1S/C15H22N2O3/c1-4-19-14-12(6-5-7-13(14)16)15(18)17-8-11(3)20-9-10(17)2/h5-7,10-11H,4,8-9,16H2,1-3H3. The second-order valence-corrected chi connectivity index (χ2v) is 5.11. The van der Waals surface area contributed by atoms with Gasteiger partial charge in [0.25, 0.3) is 5.91 Å². The first kappa shape index (κ1) is 14.7. The molecule has 1 aromatic carbocycles. The monoisotopic (exact) mass is 278 g/mol. The minimum Gasteiger partial charge on any atom is -0.491 e. The molecule has 0 saturated carbocycles. The lowest BCUT2D eigenvalue weighted by Gasteiger charge is -2.37. The van der Waals surface area contributed by atoms with E-state index in [-0.39, 0.29) is 18.1 Å². The molecule has 0 aromatic heterocycles. The van der Waals surface area contributed by atoms with Gasteiger partial charge in [-0.15, -0.1) is 0 Å². The normalized spacial score (nSPS) is 22.6. The van der Waals surface area contributed by atoms with E-state index < -0.39 is 0 Å². The molecule has 5 nitrogen and oxygen atoms in total. The van der Waals surface area contributed by atoms with E-state index in [1.54, 1.807) is 18.2 Å². The van der Waals surface area contributed by atoms with Gasteiger partial charge in [-0.25, -0.2) is 0 Å². The van der Waals surface area contributed by atoms with E-state index in [0.29, 0.717) is 36.8 Å². The number of para-hydroxylation sites is 1. The van der Waals surface area contributed by atoms with Gasteiger partial charge in [0.05, 0.1) is 36.6 Å². The number of amides is 1. The summed E-state index contributed by atoms with van der Waals surface area (Å²) in [5.41, 5.74) is 6.93. The highest BCUT2D eigenvalue weighted by molar-refractivity contribution is 5.98. The molecule has 2 atom stereocenters. The molecule has 1 fully saturated rings. The molecule has 1 aromatic rings. The molecule has 1 heterocycles. The molecule has 2 rings (SSSR count). The van der Waals surface area contributed by atoms with Gasteiger partial charge >= 0.3 is 0 Å². The van der Waals surface area contributed by atoms with Crippen molar-refractivity contribution >= 4 is 11.6 Å². The second-order valence-electron chi connectivity index (χ2n) is 5.11. The third kappa shape index (κ3) is 2.88. The molecule has 2 unspecified atom stereocenters. The van der Waals surface area contributed by atoms with Crippen molar-refractivity contribution in [2.45, 2.75) is 32.9 Å². The average molecular weight is 278 g/mol. The molecule has 1 saturated heterocycles. The molecule has 2 N–H and O–H groups in total. The fourth-order valence-corrected chi connectivity index (χ4v) is 2.37. The number of anilines is 1. The maximum absolute atomic E-state index is 12.7. The summed E-state index contributed by atoms with van der Waals surface area (Å²) in [6, 6.07) is 5.33. The predicted molar refractivity (Wildman–Crippen MR) is 77.9 cm³/mol. The Hall–Kier alpha value is -1.75. The Morgan fingerprint density at radius 3 is 2.95 bits per heavy atom. The van der Waals surface area contributed by atoms with E-state index in [2.05, 4.69) is 0 Å². The highest BCUT2D eigenvalue weighted by Crippen LogP contribution is 2.28. The maximum Gasteiger partial charge on any atom is 0.258 e. The summed E-state index contributed by atoms with van der Waals surface area (Å²) in [6.45, 7) is 7.44. The topological polar surface area (TPSA) is 64.8 Å². The molecule has 5 heteroatoms. The van der Waals surface area contributed by atoms with Crippen molar-refractivity contribution in [3.05, 3.63) is 23.8 Å². The zero-order valence-corrected chi connectivity index (χ0v) is 12.3. The molecule has 1 amide bonds. The van der Waals surface area contributed by atoms with E-state index in [4.69, 9.17) is 15.2 Å². The SMILES string of the molecule is CCOc1c(N)cccc1C(=O)N1CC(C)OCC1C. The van der Waals surface area contributed by atoms with Crippen molar-refractivity contribution in [3.63, 3.8) is 0 Å². The van der Waals surface area contributed by atoms with Gasteiger partial charge in [-0.3, -0.25) is 4.79 Å². The van der Waals surface area contributed by atoms with Crippen molar-refractivity contribution in [3.8, 4) is 5.75 Å². The van der Waals surface area contributed by atoms with E-state index in [1.165, 1.54) is 0 Å². The molecule has 0 radical (unpaired) electrons. The number of carbonyl (C=O) groups excluding carboxylic acids is 1. The maximum atomic E-state index is 12.7. The second kappa shape index (κ2) is 6.13. The van der Waals surface area contributed by atoms with Crippen LogP contribution in [0.5, 0.6) is 5.75 Å². The van der Waals surface area contributed by atoms with Crippen LogP contribution in [0.2, 0.25) is 0 Å². The number of nitrogens with zero attached hydrogens (tertiary/aromatic N) is 1. The molecular weight excluding hydrogens is 256 g/mol. The Labute approximate surface area is 119 Å². The average Bonchev–Trinajstić information content (AvgIpc) is 2.43. The van der Waals surface area contributed by atoms with Gasteiger partial charge in [0.15, 0.2) is 5.75 Å². The Balaban J connectivity index is 2.30. The van der Waals surface area contributed by atoms with Crippen LogP contribution in [-0.4, -0.2) is 42.7 Å². The van der Waals surface area contributed by atoms with E-state index in [0.717, 1.165) is 0 Å².